The lowest BCUT2D eigenvalue weighted by molar-refractivity contribution is -0.164. The number of amides is 1. The van der Waals surface area contributed by atoms with Crippen molar-refractivity contribution in [2.75, 3.05) is 31.6 Å². The number of carboxylic acid groups (broad SMARTS) is 1. The topological polar surface area (TPSA) is 118 Å². The van der Waals surface area contributed by atoms with Crippen molar-refractivity contribution in [1.29, 1.82) is 0 Å². The summed E-state index contributed by atoms with van der Waals surface area (Å²) in [6.07, 6.45) is -0.202. The highest BCUT2D eigenvalue weighted by Crippen LogP contribution is 2.44. The summed E-state index contributed by atoms with van der Waals surface area (Å²) in [6, 6.07) is 11.1. The minimum atomic E-state index is -0.970. The minimum absolute atomic E-state index is 0.192. The van der Waals surface area contributed by atoms with E-state index in [4.69, 9.17) is 31.0 Å². The predicted molar refractivity (Wildman–Crippen MR) is 168 cm³/mol. The molecule has 1 unspecified atom stereocenters. The molecule has 0 radical (unpaired) electrons. The first-order chi connectivity index (χ1) is 20.4. The summed E-state index contributed by atoms with van der Waals surface area (Å²) in [7, 11) is 1.36. The number of benzene rings is 2. The van der Waals surface area contributed by atoms with E-state index in [-0.39, 0.29) is 6.04 Å². The van der Waals surface area contributed by atoms with E-state index in [0.717, 1.165) is 26.9 Å². The molecule has 1 amide bonds. The van der Waals surface area contributed by atoms with Gasteiger partial charge in [0.05, 0.1) is 22.9 Å². The van der Waals surface area contributed by atoms with Gasteiger partial charge in [-0.15, -0.1) is 11.3 Å². The number of halogens is 1. The number of esters is 1. The summed E-state index contributed by atoms with van der Waals surface area (Å²) in [5, 5.41) is 10.7. The Bertz CT molecular complexity index is 1670. The molecule has 3 heterocycles. The van der Waals surface area contributed by atoms with Crippen LogP contribution in [0.25, 0.3) is 32.0 Å². The molecule has 0 bridgehead atoms. The molecule has 2 aromatic heterocycles. The first-order valence-corrected chi connectivity index (χ1v) is 15.1. The smallest absolute Gasteiger partial charge is 0.407 e. The van der Waals surface area contributed by atoms with Crippen LogP contribution in [0.15, 0.2) is 42.6 Å². The van der Waals surface area contributed by atoms with Crippen LogP contribution >= 0.6 is 22.9 Å². The first-order valence-electron chi connectivity index (χ1n) is 13.9. The van der Waals surface area contributed by atoms with Crippen molar-refractivity contribution < 1.29 is 24.2 Å². The maximum Gasteiger partial charge on any atom is 0.407 e. The molecule has 1 fully saturated rings. The van der Waals surface area contributed by atoms with Gasteiger partial charge in [0, 0.05) is 48.0 Å². The monoisotopic (exact) mass is 623 g/mol. The van der Waals surface area contributed by atoms with E-state index in [1.807, 2.05) is 75.9 Å². The van der Waals surface area contributed by atoms with Crippen molar-refractivity contribution in [3.05, 3.63) is 58.7 Å². The lowest BCUT2D eigenvalue weighted by Gasteiger charge is -2.38. The Morgan fingerprint density at radius 3 is 2.49 bits per heavy atom. The van der Waals surface area contributed by atoms with Crippen LogP contribution in [0.1, 0.15) is 44.9 Å². The van der Waals surface area contributed by atoms with Crippen molar-refractivity contribution in [2.24, 2.45) is 0 Å². The second-order valence-electron chi connectivity index (χ2n) is 11.5. The molecule has 2 aromatic carbocycles. The largest absolute Gasteiger partial charge is 0.467 e. The molecule has 12 heteroatoms. The lowest BCUT2D eigenvalue weighted by Crippen LogP contribution is -2.54. The summed E-state index contributed by atoms with van der Waals surface area (Å²) in [5.74, 6) is 0.0303. The van der Waals surface area contributed by atoms with Crippen LogP contribution < -0.4 is 4.90 Å². The van der Waals surface area contributed by atoms with Gasteiger partial charge in [-0.3, -0.25) is 0 Å². The average Bonchev–Trinajstić information content (AvgIpc) is 3.38. The van der Waals surface area contributed by atoms with Gasteiger partial charge in [0.25, 0.3) is 0 Å². The minimum Gasteiger partial charge on any atom is -0.467 e. The first kappa shape index (κ1) is 30.7. The number of carbonyl (C=O) groups is 2. The molecule has 0 spiro atoms. The molecule has 5 rings (SSSR count). The Morgan fingerprint density at radius 1 is 1.14 bits per heavy atom. The zero-order valence-electron chi connectivity index (χ0n) is 24.9. The number of hydrogen-bond acceptors (Lipinski definition) is 9. The van der Waals surface area contributed by atoms with E-state index >= 15 is 0 Å². The zero-order valence-corrected chi connectivity index (χ0v) is 26.5. The summed E-state index contributed by atoms with van der Waals surface area (Å²) in [4.78, 5) is 42.4. The summed E-state index contributed by atoms with van der Waals surface area (Å²) < 4.78 is 12.4. The second-order valence-corrected chi connectivity index (χ2v) is 12.9. The normalized spacial score (nSPS) is 16.4. The molecular formula is C31H34ClN5O5S. The predicted octanol–water partition coefficient (Wildman–Crippen LogP) is 6.60. The highest BCUT2D eigenvalue weighted by atomic mass is 35.5. The van der Waals surface area contributed by atoms with Gasteiger partial charge in [-0.1, -0.05) is 23.7 Å². The van der Waals surface area contributed by atoms with Crippen molar-refractivity contribution in [1.82, 2.24) is 19.9 Å². The molecule has 4 aromatic rings. The molecule has 43 heavy (non-hydrogen) atoms. The Labute approximate surface area is 259 Å². The third kappa shape index (κ3) is 6.43. The van der Waals surface area contributed by atoms with Gasteiger partial charge in [-0.25, -0.2) is 24.5 Å². The molecule has 226 valence electrons. The zero-order chi connectivity index (χ0) is 31.1. The second kappa shape index (κ2) is 12.1. The fourth-order valence-corrected chi connectivity index (χ4v) is 6.51. The van der Waals surface area contributed by atoms with Crippen molar-refractivity contribution in [2.45, 2.75) is 52.4 Å². The van der Waals surface area contributed by atoms with Crippen LogP contribution in [0.5, 0.6) is 0 Å². The van der Waals surface area contributed by atoms with Gasteiger partial charge < -0.3 is 24.4 Å². The van der Waals surface area contributed by atoms with Crippen LogP contribution in [-0.4, -0.2) is 75.4 Å². The van der Waals surface area contributed by atoms with Crippen LogP contribution in [-0.2, 0) is 14.3 Å². The molecule has 1 N–H and O–H groups in total. The van der Waals surface area contributed by atoms with E-state index in [1.165, 1.54) is 23.3 Å². The number of nitrogens with zero attached hydrogens (tertiary/aromatic N) is 5. The molecule has 10 nitrogen and oxygen atoms in total. The van der Waals surface area contributed by atoms with Crippen molar-refractivity contribution in [3.8, 4) is 21.8 Å². The van der Waals surface area contributed by atoms with Crippen LogP contribution in [0, 0.1) is 6.92 Å². The van der Waals surface area contributed by atoms with E-state index in [9.17, 15) is 14.7 Å². The lowest BCUT2D eigenvalue weighted by atomic mass is 9.91. The van der Waals surface area contributed by atoms with E-state index in [2.05, 4.69) is 4.98 Å². The molecule has 0 saturated carbocycles. The molecule has 1 aliphatic rings. The summed E-state index contributed by atoms with van der Waals surface area (Å²) >= 11 is 7.72. The number of piperazine rings is 1. The Kier molecular flexibility index (Phi) is 8.60. The molecule has 1 saturated heterocycles. The Morgan fingerprint density at radius 2 is 1.86 bits per heavy atom. The number of anilines is 1. The van der Waals surface area contributed by atoms with Gasteiger partial charge in [-0.2, -0.15) is 0 Å². The highest BCUT2D eigenvalue weighted by Gasteiger charge is 2.33. The standard InChI is InChI=1S/C31H34ClN5O5S/c1-17-15-22-26(24(19-7-9-20(32)10-8-19)23(17)25(28(38)41-6)42-31(3,4)5)43-27(34-22)21-11-12-33-29(35-21)36-13-14-37(30(39)40)18(2)16-36/h7-12,15,18,25H,13-14,16H2,1-6H3,(H,39,40)/t18?,25-/m0/s1. The number of fused-ring (bicyclic) bond motifs is 1. The highest BCUT2D eigenvalue weighted by molar-refractivity contribution is 7.22. The van der Waals surface area contributed by atoms with Gasteiger partial charge in [0.2, 0.25) is 5.95 Å². The quantitative estimate of drug-likeness (QED) is 0.237. The van der Waals surface area contributed by atoms with Gasteiger partial charge >= 0.3 is 12.1 Å². The van der Waals surface area contributed by atoms with Gasteiger partial charge in [-0.05, 0) is 70.0 Å². The number of aromatic nitrogens is 3. The number of thiazole rings is 1. The number of aryl methyl sites for hydroxylation is 1. The van der Waals surface area contributed by atoms with E-state index < -0.39 is 23.8 Å². The maximum atomic E-state index is 13.2. The van der Waals surface area contributed by atoms with Crippen LogP contribution in [0.4, 0.5) is 10.7 Å². The molecule has 0 aliphatic carbocycles. The molecule has 2 atom stereocenters. The number of hydrogen-bond donors (Lipinski definition) is 1. The summed E-state index contributed by atoms with van der Waals surface area (Å²) in [5.41, 5.74) is 4.02. The molecule has 1 aliphatic heterocycles. The number of methoxy groups -OCH3 is 1. The van der Waals surface area contributed by atoms with Gasteiger partial charge in [0.15, 0.2) is 6.10 Å². The molecular weight excluding hydrogens is 590 g/mol. The van der Waals surface area contributed by atoms with Crippen LogP contribution in [0.2, 0.25) is 5.02 Å². The Balaban J connectivity index is 1.64. The van der Waals surface area contributed by atoms with Crippen molar-refractivity contribution in [3.63, 3.8) is 0 Å². The maximum absolute atomic E-state index is 13.2. The van der Waals surface area contributed by atoms with Crippen LogP contribution in [0.3, 0.4) is 0 Å². The number of rotatable bonds is 6. The average molecular weight is 624 g/mol. The fraction of sp³-hybridized carbons (Fsp3) is 0.387. The van der Waals surface area contributed by atoms with E-state index in [1.54, 1.807) is 6.20 Å². The Hall–Kier alpha value is -3.80. The summed E-state index contributed by atoms with van der Waals surface area (Å²) in [6.45, 7) is 10.9. The van der Waals surface area contributed by atoms with Crippen molar-refractivity contribution >= 4 is 51.2 Å². The number of carbonyl (C=O) groups excluding carboxylic acids is 1. The SMILES string of the molecule is COC(=O)[C@@H](OC(C)(C)C)c1c(C)cc2nc(-c3ccnc(N4CCN(C(=O)O)C(C)C4)n3)sc2c1-c1ccc(Cl)cc1. The number of ether oxygens (including phenoxy) is 2. The van der Waals surface area contributed by atoms with Gasteiger partial charge in [0.1, 0.15) is 10.7 Å². The van der Waals surface area contributed by atoms with E-state index in [0.29, 0.717) is 46.9 Å². The third-order valence-electron chi connectivity index (χ3n) is 7.23. The fourth-order valence-electron chi connectivity index (χ4n) is 5.29. The third-order valence-corrected chi connectivity index (χ3v) is 8.59.